The number of aryl methyl sites for hydroxylation is 1. The highest BCUT2D eigenvalue weighted by Gasteiger charge is 2.18. The maximum atomic E-state index is 12.5. The van der Waals surface area contributed by atoms with Gasteiger partial charge in [0.05, 0.1) is 16.8 Å². The topological polar surface area (TPSA) is 66.9 Å². The highest BCUT2D eigenvalue weighted by atomic mass is 32.1. The van der Waals surface area contributed by atoms with Crippen molar-refractivity contribution in [1.82, 2.24) is 4.57 Å². The van der Waals surface area contributed by atoms with E-state index in [0.717, 1.165) is 28.0 Å². The largest absolute Gasteiger partial charge is 0.493 e. The molecule has 0 atom stereocenters. The van der Waals surface area contributed by atoms with Gasteiger partial charge in [0.15, 0.2) is 0 Å². The first-order chi connectivity index (χ1) is 12.6. The number of allylic oxidation sites excluding steroid dienone is 1. The highest BCUT2D eigenvalue weighted by Crippen LogP contribution is 2.28. The fourth-order valence-electron chi connectivity index (χ4n) is 2.84. The number of aromatic hydroxyl groups is 1. The Morgan fingerprint density at radius 3 is 2.58 bits per heavy atom. The molecule has 0 bridgehead atoms. The monoisotopic (exact) mass is 361 g/mol. The van der Waals surface area contributed by atoms with Crippen LogP contribution in [-0.4, -0.2) is 21.6 Å². The molecule has 2 heterocycles. The van der Waals surface area contributed by atoms with E-state index >= 15 is 0 Å². The minimum absolute atomic E-state index is 0.0745. The molecule has 26 heavy (non-hydrogen) atoms. The Bertz CT molecular complexity index is 1120. The van der Waals surface area contributed by atoms with Gasteiger partial charge in [0.2, 0.25) is 5.88 Å². The minimum Gasteiger partial charge on any atom is -0.493 e. The molecule has 1 aromatic heterocycles. The second kappa shape index (κ2) is 6.57. The van der Waals surface area contributed by atoms with Gasteiger partial charge >= 0.3 is 4.87 Å². The minimum atomic E-state index is -0.239. The normalized spacial score (nSPS) is 14.8. The van der Waals surface area contributed by atoms with Gasteiger partial charge in [-0.05, 0) is 24.6 Å². The van der Waals surface area contributed by atoms with Crippen molar-refractivity contribution in [2.24, 2.45) is 10.2 Å². The number of benzene rings is 2. The SMILES string of the molecule is Cc1ccccc1-n1c(O)c(/C=C2/C=NN=C2c2ccccc2)sc1=O. The quantitative estimate of drug-likeness (QED) is 0.771. The third-order valence-electron chi connectivity index (χ3n) is 4.13. The molecule has 0 spiro atoms. The lowest BCUT2D eigenvalue weighted by molar-refractivity contribution is 0.439. The number of thiazole rings is 1. The number of hydrogen-bond acceptors (Lipinski definition) is 5. The van der Waals surface area contributed by atoms with Crippen LogP contribution >= 0.6 is 11.3 Å². The summed E-state index contributed by atoms with van der Waals surface area (Å²) in [7, 11) is 0. The van der Waals surface area contributed by atoms with E-state index in [1.54, 1.807) is 12.3 Å². The first kappa shape index (κ1) is 16.2. The molecule has 5 nitrogen and oxygen atoms in total. The van der Waals surface area contributed by atoms with Crippen LogP contribution in [0, 0.1) is 6.92 Å². The van der Waals surface area contributed by atoms with Crippen molar-refractivity contribution in [2.45, 2.75) is 6.92 Å². The van der Waals surface area contributed by atoms with Crippen molar-refractivity contribution in [3.63, 3.8) is 0 Å². The van der Waals surface area contributed by atoms with E-state index < -0.39 is 0 Å². The molecule has 0 fully saturated rings. The second-order valence-electron chi connectivity index (χ2n) is 5.84. The van der Waals surface area contributed by atoms with Crippen molar-refractivity contribution in [2.75, 3.05) is 0 Å². The van der Waals surface area contributed by atoms with Gasteiger partial charge in [-0.1, -0.05) is 59.9 Å². The molecule has 4 rings (SSSR count). The lowest BCUT2D eigenvalue weighted by Gasteiger charge is -2.07. The zero-order valence-electron chi connectivity index (χ0n) is 14.0. The summed E-state index contributed by atoms with van der Waals surface area (Å²) in [4.78, 5) is 12.7. The number of nitrogens with zero attached hydrogens (tertiary/aromatic N) is 3. The zero-order chi connectivity index (χ0) is 18.1. The molecule has 1 N–H and O–H groups in total. The van der Waals surface area contributed by atoms with E-state index in [9.17, 15) is 9.90 Å². The Labute approximate surface area is 153 Å². The third-order valence-corrected chi connectivity index (χ3v) is 5.01. The van der Waals surface area contributed by atoms with Crippen molar-refractivity contribution in [3.8, 4) is 11.6 Å². The van der Waals surface area contributed by atoms with Crippen molar-refractivity contribution < 1.29 is 5.11 Å². The van der Waals surface area contributed by atoms with Gasteiger partial charge in [-0.25, -0.2) is 4.57 Å². The number of aromatic nitrogens is 1. The smallest absolute Gasteiger partial charge is 0.315 e. The molecule has 0 amide bonds. The van der Waals surface area contributed by atoms with E-state index in [1.807, 2.05) is 61.5 Å². The van der Waals surface area contributed by atoms with E-state index in [-0.39, 0.29) is 10.8 Å². The van der Waals surface area contributed by atoms with E-state index in [4.69, 9.17) is 0 Å². The van der Waals surface area contributed by atoms with E-state index in [1.165, 1.54) is 4.57 Å². The highest BCUT2D eigenvalue weighted by molar-refractivity contribution is 7.10. The van der Waals surface area contributed by atoms with Crippen LogP contribution in [0.3, 0.4) is 0 Å². The van der Waals surface area contributed by atoms with Crippen LogP contribution in [0.4, 0.5) is 0 Å². The zero-order valence-corrected chi connectivity index (χ0v) is 14.8. The van der Waals surface area contributed by atoms with Crippen LogP contribution in [0.15, 0.2) is 75.2 Å². The predicted octanol–water partition coefficient (Wildman–Crippen LogP) is 3.79. The summed E-state index contributed by atoms with van der Waals surface area (Å²) < 4.78 is 1.33. The lowest BCUT2D eigenvalue weighted by atomic mass is 10.0. The molecular formula is C20H15N3O2S. The standard InChI is InChI=1S/C20H15N3O2S/c1-13-7-5-6-10-16(13)23-19(24)17(26-20(23)25)11-15-12-21-22-18(15)14-8-3-2-4-9-14/h2-12,24H,1H3/b15-11-. The first-order valence-electron chi connectivity index (χ1n) is 8.04. The molecule has 0 saturated heterocycles. The summed E-state index contributed by atoms with van der Waals surface area (Å²) in [5.41, 5.74) is 3.99. The summed E-state index contributed by atoms with van der Waals surface area (Å²) in [6.07, 6.45) is 3.38. The first-order valence-corrected chi connectivity index (χ1v) is 8.86. The molecule has 0 radical (unpaired) electrons. The maximum absolute atomic E-state index is 12.5. The van der Waals surface area contributed by atoms with Crippen LogP contribution in [0.25, 0.3) is 11.8 Å². The average Bonchev–Trinajstić information content (AvgIpc) is 3.22. The summed E-state index contributed by atoms with van der Waals surface area (Å²) in [6, 6.07) is 17.1. The molecule has 1 aliphatic heterocycles. The van der Waals surface area contributed by atoms with Crippen molar-refractivity contribution >= 4 is 29.3 Å². The molecule has 2 aromatic carbocycles. The van der Waals surface area contributed by atoms with Gasteiger partial charge in [0.25, 0.3) is 0 Å². The maximum Gasteiger partial charge on any atom is 0.315 e. The Hall–Kier alpha value is -3.25. The van der Waals surface area contributed by atoms with Gasteiger partial charge in [-0.15, -0.1) is 5.10 Å². The number of hydrogen-bond donors (Lipinski definition) is 1. The molecule has 3 aromatic rings. The summed E-state index contributed by atoms with van der Waals surface area (Å²) in [5, 5.41) is 18.8. The lowest BCUT2D eigenvalue weighted by Crippen LogP contribution is -2.10. The van der Waals surface area contributed by atoms with Gasteiger partial charge < -0.3 is 5.11 Å². The van der Waals surface area contributed by atoms with Crippen LogP contribution in [0.5, 0.6) is 5.88 Å². The summed E-state index contributed by atoms with van der Waals surface area (Å²) in [5.74, 6) is -0.0745. The molecule has 0 aliphatic carbocycles. The molecular weight excluding hydrogens is 346 g/mol. The van der Waals surface area contributed by atoms with Crippen molar-refractivity contribution in [1.29, 1.82) is 0 Å². The predicted molar refractivity (Wildman–Crippen MR) is 106 cm³/mol. The summed E-state index contributed by atoms with van der Waals surface area (Å²) >= 11 is 0.993. The molecule has 0 saturated carbocycles. The second-order valence-corrected chi connectivity index (χ2v) is 6.83. The van der Waals surface area contributed by atoms with Crippen LogP contribution in [-0.2, 0) is 0 Å². The third kappa shape index (κ3) is 2.80. The molecule has 1 aliphatic rings. The molecule has 0 unspecified atom stereocenters. The van der Waals surface area contributed by atoms with Gasteiger partial charge in [-0.3, -0.25) is 4.79 Å². The van der Waals surface area contributed by atoms with E-state index in [2.05, 4.69) is 10.2 Å². The van der Waals surface area contributed by atoms with Crippen LogP contribution in [0.2, 0.25) is 0 Å². The molecule has 6 heteroatoms. The Morgan fingerprint density at radius 2 is 1.81 bits per heavy atom. The number of rotatable bonds is 3. The van der Waals surface area contributed by atoms with Crippen molar-refractivity contribution in [3.05, 3.63) is 85.8 Å². The Balaban J connectivity index is 1.79. The van der Waals surface area contributed by atoms with Crippen LogP contribution < -0.4 is 4.87 Å². The molecule has 128 valence electrons. The van der Waals surface area contributed by atoms with Gasteiger partial charge in [0, 0.05) is 11.1 Å². The van der Waals surface area contributed by atoms with Gasteiger partial charge in [-0.2, -0.15) is 5.10 Å². The Kier molecular flexibility index (Phi) is 4.10. The number of para-hydroxylation sites is 1. The van der Waals surface area contributed by atoms with E-state index in [0.29, 0.717) is 16.3 Å². The fraction of sp³-hybridized carbons (Fsp3) is 0.0500. The summed E-state index contributed by atoms with van der Waals surface area (Å²) in [6.45, 7) is 1.90. The fourth-order valence-corrected chi connectivity index (χ4v) is 3.67. The van der Waals surface area contributed by atoms with Crippen LogP contribution in [0.1, 0.15) is 16.0 Å². The Morgan fingerprint density at radius 1 is 1.08 bits per heavy atom. The van der Waals surface area contributed by atoms with Gasteiger partial charge in [0.1, 0.15) is 5.71 Å². The average molecular weight is 361 g/mol.